The van der Waals surface area contributed by atoms with Gasteiger partial charge in [-0.2, -0.15) is 0 Å². The number of hydrogen-bond donors (Lipinski definition) is 0. The van der Waals surface area contributed by atoms with E-state index in [4.69, 9.17) is 9.47 Å². The van der Waals surface area contributed by atoms with Crippen LogP contribution < -0.4 is 0 Å². The highest BCUT2D eigenvalue weighted by Crippen LogP contribution is 2.33. The monoisotopic (exact) mass is 345 g/mol. The quantitative estimate of drug-likeness (QED) is 0.834. The van der Waals surface area contributed by atoms with Crippen LogP contribution in [0.5, 0.6) is 0 Å². The van der Waals surface area contributed by atoms with Crippen molar-refractivity contribution < 1.29 is 9.47 Å². The van der Waals surface area contributed by atoms with Crippen LogP contribution in [0, 0.1) is 6.92 Å². The lowest BCUT2D eigenvalue weighted by Gasteiger charge is -2.39. The normalized spacial score (nSPS) is 27.3. The van der Waals surface area contributed by atoms with Crippen molar-refractivity contribution in [1.82, 2.24) is 14.9 Å². The molecule has 0 radical (unpaired) electrons. The molecule has 2 aromatic heterocycles. The standard InChI is InChI=1S/C18H23N3O2S/c1-13-20-15(12-24-13)11-23-17-3-2-16-18(17)22-9-8-21(16)10-14-4-6-19-7-5-14/h4-7,12,16-18H,2-3,8-11H2,1H3/t16-,17+,18+/m0/s1. The fraction of sp³-hybridized carbons (Fsp3) is 0.556. The number of aromatic nitrogens is 2. The molecule has 1 saturated carbocycles. The van der Waals surface area contributed by atoms with Crippen LogP contribution in [-0.4, -0.2) is 46.3 Å². The van der Waals surface area contributed by atoms with Gasteiger partial charge in [0.1, 0.15) is 0 Å². The van der Waals surface area contributed by atoms with Crippen molar-refractivity contribution in [2.24, 2.45) is 0 Å². The first-order chi connectivity index (χ1) is 11.8. The molecule has 0 amide bonds. The molecule has 0 N–H and O–H groups in total. The Hall–Kier alpha value is -1.34. The molecule has 2 fully saturated rings. The lowest BCUT2D eigenvalue weighted by molar-refractivity contribution is -0.119. The predicted molar refractivity (Wildman–Crippen MR) is 92.8 cm³/mol. The van der Waals surface area contributed by atoms with Crippen molar-refractivity contribution in [3.05, 3.63) is 46.2 Å². The Kier molecular flexibility index (Phi) is 4.89. The molecule has 0 unspecified atom stereocenters. The highest BCUT2D eigenvalue weighted by molar-refractivity contribution is 7.09. The number of ether oxygens (including phenoxy) is 2. The molecule has 0 spiro atoms. The minimum absolute atomic E-state index is 0.178. The van der Waals surface area contributed by atoms with Crippen LogP contribution in [0.2, 0.25) is 0 Å². The third-order valence-electron chi connectivity index (χ3n) is 4.90. The first kappa shape index (κ1) is 16.1. The molecule has 4 rings (SSSR count). The first-order valence-corrected chi connectivity index (χ1v) is 9.45. The SMILES string of the molecule is Cc1nc(CO[C@@H]2CC[C@H]3[C@H]2OCCN3Cc2ccncc2)cs1. The van der Waals surface area contributed by atoms with Gasteiger partial charge in [0, 0.05) is 36.9 Å². The Morgan fingerprint density at radius 3 is 3.00 bits per heavy atom. The summed E-state index contributed by atoms with van der Waals surface area (Å²) in [5.41, 5.74) is 2.35. The summed E-state index contributed by atoms with van der Waals surface area (Å²) in [4.78, 5) is 11.1. The van der Waals surface area contributed by atoms with Gasteiger partial charge in [0.25, 0.3) is 0 Å². The number of nitrogens with zero attached hydrogens (tertiary/aromatic N) is 3. The number of morpholine rings is 1. The largest absolute Gasteiger partial charge is 0.373 e. The Balaban J connectivity index is 1.37. The summed E-state index contributed by atoms with van der Waals surface area (Å²) in [5.74, 6) is 0. The Bertz CT molecular complexity index is 663. The van der Waals surface area contributed by atoms with E-state index >= 15 is 0 Å². The second-order valence-electron chi connectivity index (χ2n) is 6.51. The zero-order chi connectivity index (χ0) is 16.4. The number of fused-ring (bicyclic) bond motifs is 1. The van der Waals surface area contributed by atoms with E-state index in [2.05, 4.69) is 32.4 Å². The molecule has 3 atom stereocenters. The first-order valence-electron chi connectivity index (χ1n) is 8.57. The van der Waals surface area contributed by atoms with Crippen LogP contribution in [-0.2, 0) is 22.6 Å². The van der Waals surface area contributed by atoms with Crippen LogP contribution in [0.4, 0.5) is 0 Å². The van der Waals surface area contributed by atoms with Gasteiger partial charge in [-0.05, 0) is 37.5 Å². The van der Waals surface area contributed by atoms with Crippen LogP contribution in [0.3, 0.4) is 0 Å². The van der Waals surface area contributed by atoms with Gasteiger partial charge in [0.2, 0.25) is 0 Å². The van der Waals surface area contributed by atoms with Crippen LogP contribution in [0.15, 0.2) is 29.9 Å². The van der Waals surface area contributed by atoms with E-state index in [1.54, 1.807) is 11.3 Å². The minimum Gasteiger partial charge on any atom is -0.373 e. The van der Waals surface area contributed by atoms with E-state index in [0.29, 0.717) is 12.6 Å². The van der Waals surface area contributed by atoms with Gasteiger partial charge in [-0.1, -0.05) is 0 Å². The summed E-state index contributed by atoms with van der Waals surface area (Å²) in [7, 11) is 0. The summed E-state index contributed by atoms with van der Waals surface area (Å²) in [6, 6.07) is 4.64. The van der Waals surface area contributed by atoms with Gasteiger partial charge in [-0.25, -0.2) is 4.98 Å². The fourth-order valence-corrected chi connectivity index (χ4v) is 4.35. The lowest BCUT2D eigenvalue weighted by Crippen LogP contribution is -2.51. The Morgan fingerprint density at radius 1 is 1.33 bits per heavy atom. The fourth-order valence-electron chi connectivity index (χ4n) is 3.76. The predicted octanol–water partition coefficient (Wildman–Crippen LogP) is 2.80. The summed E-state index contributed by atoms with van der Waals surface area (Å²) >= 11 is 1.68. The highest BCUT2D eigenvalue weighted by Gasteiger charge is 2.43. The molecule has 1 saturated heterocycles. The van der Waals surface area contributed by atoms with Gasteiger partial charge in [0.15, 0.2) is 0 Å². The Labute approximate surface area is 146 Å². The average molecular weight is 345 g/mol. The van der Waals surface area contributed by atoms with Crippen molar-refractivity contribution in [2.75, 3.05) is 13.2 Å². The molecule has 6 heteroatoms. The van der Waals surface area contributed by atoms with Crippen molar-refractivity contribution >= 4 is 11.3 Å². The molecular formula is C18H23N3O2S. The van der Waals surface area contributed by atoms with Crippen molar-refractivity contribution in [3.8, 4) is 0 Å². The van der Waals surface area contributed by atoms with Gasteiger partial charge >= 0.3 is 0 Å². The highest BCUT2D eigenvalue weighted by atomic mass is 32.1. The maximum absolute atomic E-state index is 6.15. The van der Waals surface area contributed by atoms with Crippen molar-refractivity contribution in [3.63, 3.8) is 0 Å². The lowest BCUT2D eigenvalue weighted by atomic mass is 10.1. The molecule has 24 heavy (non-hydrogen) atoms. The van der Waals surface area contributed by atoms with Gasteiger partial charge in [-0.3, -0.25) is 9.88 Å². The number of rotatable bonds is 5. The smallest absolute Gasteiger partial charge is 0.0992 e. The molecule has 1 aliphatic heterocycles. The number of hydrogen-bond acceptors (Lipinski definition) is 6. The molecule has 3 heterocycles. The summed E-state index contributed by atoms with van der Waals surface area (Å²) in [5, 5.41) is 3.18. The van der Waals surface area contributed by atoms with E-state index in [1.165, 1.54) is 5.56 Å². The zero-order valence-electron chi connectivity index (χ0n) is 13.9. The number of thiazole rings is 1. The maximum atomic E-state index is 6.15. The molecule has 128 valence electrons. The van der Waals surface area contributed by atoms with E-state index in [-0.39, 0.29) is 12.2 Å². The second kappa shape index (κ2) is 7.27. The third kappa shape index (κ3) is 3.52. The number of aryl methyl sites for hydroxylation is 1. The molecule has 1 aliphatic carbocycles. The molecule has 0 bridgehead atoms. The van der Waals surface area contributed by atoms with E-state index in [0.717, 1.165) is 43.2 Å². The van der Waals surface area contributed by atoms with E-state index in [9.17, 15) is 0 Å². The van der Waals surface area contributed by atoms with Gasteiger partial charge < -0.3 is 9.47 Å². The second-order valence-corrected chi connectivity index (χ2v) is 7.58. The zero-order valence-corrected chi connectivity index (χ0v) is 14.7. The van der Waals surface area contributed by atoms with Gasteiger partial charge in [0.05, 0.1) is 36.1 Å². The van der Waals surface area contributed by atoms with Crippen LogP contribution in [0.1, 0.15) is 29.1 Å². The Morgan fingerprint density at radius 2 is 2.21 bits per heavy atom. The van der Waals surface area contributed by atoms with Crippen LogP contribution in [0.25, 0.3) is 0 Å². The minimum atomic E-state index is 0.178. The summed E-state index contributed by atoms with van der Waals surface area (Å²) in [6.07, 6.45) is 6.28. The molecule has 2 aromatic rings. The van der Waals surface area contributed by atoms with Gasteiger partial charge in [-0.15, -0.1) is 11.3 Å². The molecule has 2 aliphatic rings. The third-order valence-corrected chi connectivity index (χ3v) is 5.72. The summed E-state index contributed by atoms with van der Waals surface area (Å²) < 4.78 is 12.2. The van der Waals surface area contributed by atoms with Crippen LogP contribution >= 0.6 is 11.3 Å². The topological polar surface area (TPSA) is 47.5 Å². The molecule has 5 nitrogen and oxygen atoms in total. The average Bonchev–Trinajstić information content (AvgIpc) is 3.21. The molecular weight excluding hydrogens is 322 g/mol. The maximum Gasteiger partial charge on any atom is 0.0992 e. The number of pyridine rings is 1. The van der Waals surface area contributed by atoms with E-state index in [1.807, 2.05) is 19.3 Å². The van der Waals surface area contributed by atoms with Crippen molar-refractivity contribution in [2.45, 2.75) is 51.2 Å². The van der Waals surface area contributed by atoms with Crippen molar-refractivity contribution in [1.29, 1.82) is 0 Å². The van der Waals surface area contributed by atoms with E-state index < -0.39 is 0 Å². The summed E-state index contributed by atoms with van der Waals surface area (Å²) in [6.45, 7) is 5.35. The molecule has 0 aromatic carbocycles.